The first-order chi connectivity index (χ1) is 13.7. The van der Waals surface area contributed by atoms with Crippen LogP contribution < -0.4 is 14.8 Å². The molecule has 142 valence electrons. The average Bonchev–Trinajstić information content (AvgIpc) is 3.35. The molecule has 4 aromatic rings. The van der Waals surface area contributed by atoms with Gasteiger partial charge in [0.05, 0.1) is 43.2 Å². The van der Waals surface area contributed by atoms with Crippen molar-refractivity contribution in [1.82, 2.24) is 14.8 Å². The van der Waals surface area contributed by atoms with E-state index in [1.807, 2.05) is 71.7 Å². The Labute approximate surface area is 167 Å². The molecule has 0 aliphatic rings. The maximum absolute atomic E-state index is 5.44. The van der Waals surface area contributed by atoms with Gasteiger partial charge in [0.2, 0.25) is 0 Å². The van der Waals surface area contributed by atoms with Gasteiger partial charge in [0.1, 0.15) is 11.5 Å². The lowest BCUT2D eigenvalue weighted by molar-refractivity contribution is 0.395. The van der Waals surface area contributed by atoms with Crippen molar-refractivity contribution in [2.75, 3.05) is 19.5 Å². The second-order valence-corrected chi connectivity index (χ2v) is 6.98. The summed E-state index contributed by atoms with van der Waals surface area (Å²) in [6.45, 7) is 2.05. The topological polar surface area (TPSA) is 61.2 Å². The largest absolute Gasteiger partial charge is 0.497 e. The van der Waals surface area contributed by atoms with E-state index < -0.39 is 0 Å². The van der Waals surface area contributed by atoms with Gasteiger partial charge in [-0.25, -0.2) is 9.67 Å². The van der Waals surface area contributed by atoms with Gasteiger partial charge < -0.3 is 14.8 Å². The van der Waals surface area contributed by atoms with Gasteiger partial charge in [0.15, 0.2) is 5.13 Å². The summed E-state index contributed by atoms with van der Waals surface area (Å²) in [5, 5.41) is 10.7. The lowest BCUT2D eigenvalue weighted by atomic mass is 10.2. The number of nitrogens with one attached hydrogen (secondary N) is 1. The van der Waals surface area contributed by atoms with Gasteiger partial charge >= 0.3 is 0 Å². The Kier molecular flexibility index (Phi) is 4.99. The minimum absolute atomic E-state index is 0.698. The first-order valence-electron chi connectivity index (χ1n) is 8.74. The molecule has 0 aliphatic carbocycles. The molecule has 6 nitrogen and oxygen atoms in total. The highest BCUT2D eigenvalue weighted by atomic mass is 32.1. The van der Waals surface area contributed by atoms with Crippen LogP contribution in [-0.4, -0.2) is 29.0 Å². The first-order valence-corrected chi connectivity index (χ1v) is 9.62. The van der Waals surface area contributed by atoms with E-state index in [4.69, 9.17) is 14.5 Å². The third-order valence-corrected chi connectivity index (χ3v) is 5.20. The number of aromatic nitrogens is 3. The monoisotopic (exact) mass is 392 g/mol. The number of hydrogen-bond donors (Lipinski definition) is 1. The summed E-state index contributed by atoms with van der Waals surface area (Å²) in [6, 6.07) is 15.7. The van der Waals surface area contributed by atoms with Crippen molar-refractivity contribution in [3.63, 3.8) is 0 Å². The van der Waals surface area contributed by atoms with Gasteiger partial charge in [-0.15, -0.1) is 11.3 Å². The number of benzene rings is 2. The fourth-order valence-electron chi connectivity index (χ4n) is 2.96. The summed E-state index contributed by atoms with van der Waals surface area (Å²) in [5.41, 5.74) is 4.81. The minimum atomic E-state index is 0.698. The molecule has 7 heteroatoms. The van der Waals surface area contributed by atoms with Crippen LogP contribution in [0, 0.1) is 6.92 Å². The van der Waals surface area contributed by atoms with Gasteiger partial charge in [-0.3, -0.25) is 0 Å². The Morgan fingerprint density at radius 1 is 1.04 bits per heavy atom. The Morgan fingerprint density at radius 3 is 2.61 bits per heavy atom. The molecule has 2 heterocycles. The molecule has 0 bridgehead atoms. The van der Waals surface area contributed by atoms with Crippen LogP contribution in [0.3, 0.4) is 0 Å². The number of ether oxygens (including phenoxy) is 2. The summed E-state index contributed by atoms with van der Waals surface area (Å²) >= 11 is 1.54. The number of anilines is 2. The van der Waals surface area contributed by atoms with Gasteiger partial charge in [-0.2, -0.15) is 5.10 Å². The molecule has 0 unspecified atom stereocenters. The summed E-state index contributed by atoms with van der Waals surface area (Å²) in [5.74, 6) is 1.44. The van der Waals surface area contributed by atoms with Crippen molar-refractivity contribution in [1.29, 1.82) is 0 Å². The zero-order valence-electron chi connectivity index (χ0n) is 15.8. The molecule has 2 aromatic carbocycles. The summed E-state index contributed by atoms with van der Waals surface area (Å²) < 4.78 is 12.6. The smallest absolute Gasteiger partial charge is 0.187 e. The van der Waals surface area contributed by atoms with Crippen LogP contribution in [0.2, 0.25) is 0 Å². The highest BCUT2D eigenvalue weighted by Crippen LogP contribution is 2.34. The molecule has 1 N–H and O–H groups in total. The number of thiazole rings is 1. The van der Waals surface area contributed by atoms with Crippen molar-refractivity contribution in [3.05, 3.63) is 65.8 Å². The number of rotatable bonds is 6. The number of nitrogens with zero attached hydrogens (tertiary/aromatic N) is 3. The van der Waals surface area contributed by atoms with E-state index in [0.29, 0.717) is 5.75 Å². The van der Waals surface area contributed by atoms with Crippen LogP contribution in [0.25, 0.3) is 16.9 Å². The predicted molar refractivity (Wildman–Crippen MR) is 112 cm³/mol. The Bertz CT molecular complexity index is 1090. The van der Waals surface area contributed by atoms with E-state index >= 15 is 0 Å². The summed E-state index contributed by atoms with van der Waals surface area (Å²) in [7, 11) is 3.27. The number of methoxy groups -OCH3 is 2. The van der Waals surface area contributed by atoms with Gasteiger partial charge in [0, 0.05) is 17.0 Å². The van der Waals surface area contributed by atoms with Gasteiger partial charge in [-0.1, -0.05) is 18.2 Å². The second-order valence-electron chi connectivity index (χ2n) is 6.12. The third-order valence-electron chi connectivity index (χ3n) is 4.44. The summed E-state index contributed by atoms with van der Waals surface area (Å²) in [6.07, 6.45) is 1.86. The van der Waals surface area contributed by atoms with Crippen LogP contribution in [0.1, 0.15) is 5.69 Å². The number of para-hydroxylation sites is 1. The molecular weight excluding hydrogens is 372 g/mol. The molecular formula is C21H20N4O2S. The molecule has 0 saturated heterocycles. The Morgan fingerprint density at radius 2 is 1.86 bits per heavy atom. The third kappa shape index (κ3) is 3.44. The van der Waals surface area contributed by atoms with Crippen molar-refractivity contribution >= 4 is 22.2 Å². The highest BCUT2D eigenvalue weighted by Gasteiger charge is 2.14. The molecule has 0 spiro atoms. The first kappa shape index (κ1) is 18.1. The lowest BCUT2D eigenvalue weighted by Crippen LogP contribution is -1.98. The zero-order valence-corrected chi connectivity index (χ0v) is 16.7. The predicted octanol–water partition coefficient (Wildman–Crippen LogP) is 5.07. The van der Waals surface area contributed by atoms with Gasteiger partial charge in [-0.05, 0) is 31.2 Å². The molecule has 0 amide bonds. The summed E-state index contributed by atoms with van der Waals surface area (Å²) in [4.78, 5) is 4.73. The van der Waals surface area contributed by atoms with Crippen LogP contribution >= 0.6 is 11.3 Å². The van der Waals surface area contributed by atoms with E-state index in [9.17, 15) is 0 Å². The molecule has 0 fully saturated rings. The standard InChI is InChI=1S/C21H20N4O2S/c1-14-17(12-22-25(14)15-7-5-4-6-8-15)19-13-28-21(24-19)23-18-10-9-16(26-2)11-20(18)27-3/h4-13H,1-3H3,(H,23,24). The molecule has 2 aromatic heterocycles. The fraction of sp³-hybridized carbons (Fsp3) is 0.143. The van der Waals surface area contributed by atoms with E-state index in [-0.39, 0.29) is 0 Å². The molecule has 4 rings (SSSR count). The van der Waals surface area contributed by atoms with E-state index in [2.05, 4.69) is 10.4 Å². The fourth-order valence-corrected chi connectivity index (χ4v) is 3.69. The van der Waals surface area contributed by atoms with Crippen LogP contribution in [0.15, 0.2) is 60.1 Å². The molecule has 0 saturated carbocycles. The average molecular weight is 392 g/mol. The minimum Gasteiger partial charge on any atom is -0.497 e. The normalized spacial score (nSPS) is 10.7. The highest BCUT2D eigenvalue weighted by molar-refractivity contribution is 7.14. The quantitative estimate of drug-likeness (QED) is 0.497. The Hall–Kier alpha value is -3.32. The lowest BCUT2D eigenvalue weighted by Gasteiger charge is -2.10. The SMILES string of the molecule is COc1ccc(Nc2nc(-c3cnn(-c4ccccc4)c3C)cs2)c(OC)c1. The van der Waals surface area contributed by atoms with Gasteiger partial charge in [0.25, 0.3) is 0 Å². The maximum atomic E-state index is 5.44. The molecule has 0 atom stereocenters. The number of hydrogen-bond acceptors (Lipinski definition) is 6. The maximum Gasteiger partial charge on any atom is 0.187 e. The van der Waals surface area contributed by atoms with Crippen molar-refractivity contribution < 1.29 is 9.47 Å². The van der Waals surface area contributed by atoms with Crippen LogP contribution in [0.4, 0.5) is 10.8 Å². The van der Waals surface area contributed by atoms with E-state index in [1.54, 1.807) is 14.2 Å². The Balaban J connectivity index is 1.60. The molecule has 28 heavy (non-hydrogen) atoms. The van der Waals surface area contributed by atoms with Crippen LogP contribution in [0.5, 0.6) is 11.5 Å². The van der Waals surface area contributed by atoms with Crippen molar-refractivity contribution in [3.8, 4) is 28.4 Å². The second kappa shape index (κ2) is 7.74. The zero-order chi connectivity index (χ0) is 19.5. The van der Waals surface area contributed by atoms with E-state index in [1.165, 1.54) is 11.3 Å². The molecule has 0 aliphatic heterocycles. The van der Waals surface area contributed by atoms with Crippen molar-refractivity contribution in [2.45, 2.75) is 6.92 Å². The van der Waals surface area contributed by atoms with Crippen LogP contribution in [-0.2, 0) is 0 Å². The van der Waals surface area contributed by atoms with E-state index in [0.717, 1.165) is 39.2 Å². The van der Waals surface area contributed by atoms with Crippen molar-refractivity contribution in [2.24, 2.45) is 0 Å². The molecule has 0 radical (unpaired) electrons.